The Morgan fingerprint density at radius 2 is 1.32 bits per heavy atom. The lowest BCUT2D eigenvalue weighted by molar-refractivity contribution is 0.249. The van der Waals surface area contributed by atoms with Crippen molar-refractivity contribution in [2.24, 2.45) is 0 Å². The number of hydrogen-bond acceptors (Lipinski definition) is 2. The van der Waals surface area contributed by atoms with Crippen LogP contribution in [0.15, 0.2) is 18.2 Å². The zero-order valence-electron chi connectivity index (χ0n) is 11.9. The molecule has 1 rings (SSSR count). The van der Waals surface area contributed by atoms with Crippen LogP contribution in [0.3, 0.4) is 0 Å². The average molecular weight is 264 g/mol. The van der Waals surface area contributed by atoms with Gasteiger partial charge >= 0.3 is 12.1 Å². The van der Waals surface area contributed by atoms with Crippen LogP contribution >= 0.6 is 0 Å². The number of hydrogen-bond donors (Lipinski definition) is 2. The van der Waals surface area contributed by atoms with Crippen LogP contribution in [-0.4, -0.2) is 40.3 Å². The fourth-order valence-electron chi connectivity index (χ4n) is 1.89. The maximum atomic E-state index is 11.7. The van der Waals surface area contributed by atoms with E-state index in [-0.39, 0.29) is 12.1 Å². The van der Waals surface area contributed by atoms with Crippen LogP contribution < -0.4 is 20.4 Å². The molecule has 6 heteroatoms. The summed E-state index contributed by atoms with van der Waals surface area (Å²) in [6.07, 6.45) is 0. The summed E-state index contributed by atoms with van der Waals surface area (Å²) >= 11 is 0. The molecular weight excluding hydrogens is 244 g/mol. The first-order valence-electron chi connectivity index (χ1n) is 5.94. The Morgan fingerprint density at radius 3 is 1.63 bits per heavy atom. The maximum absolute atomic E-state index is 11.7. The van der Waals surface area contributed by atoms with Gasteiger partial charge in [0.15, 0.2) is 0 Å². The van der Waals surface area contributed by atoms with Gasteiger partial charge in [-0.2, -0.15) is 0 Å². The van der Waals surface area contributed by atoms with E-state index in [2.05, 4.69) is 10.6 Å². The van der Waals surface area contributed by atoms with E-state index in [1.54, 1.807) is 28.2 Å². The van der Waals surface area contributed by atoms with Gasteiger partial charge in [-0.05, 0) is 24.6 Å². The maximum Gasteiger partial charge on any atom is 0.321 e. The zero-order chi connectivity index (χ0) is 14.6. The van der Waals surface area contributed by atoms with Gasteiger partial charge in [0, 0.05) is 28.2 Å². The Labute approximate surface area is 113 Å². The minimum atomic E-state index is -0.206. The zero-order valence-corrected chi connectivity index (χ0v) is 11.9. The van der Waals surface area contributed by atoms with Crippen LogP contribution in [0.4, 0.5) is 21.0 Å². The number of amides is 4. The van der Waals surface area contributed by atoms with Crippen molar-refractivity contribution < 1.29 is 9.59 Å². The molecule has 19 heavy (non-hydrogen) atoms. The first-order valence-corrected chi connectivity index (χ1v) is 5.94. The van der Waals surface area contributed by atoms with Gasteiger partial charge < -0.3 is 10.6 Å². The van der Waals surface area contributed by atoms with E-state index in [9.17, 15) is 9.59 Å². The summed E-state index contributed by atoms with van der Waals surface area (Å²) in [7, 11) is 6.53. The Kier molecular flexibility index (Phi) is 4.74. The number of benzene rings is 1. The fourth-order valence-corrected chi connectivity index (χ4v) is 1.89. The van der Waals surface area contributed by atoms with E-state index >= 15 is 0 Å². The molecule has 0 aromatic heterocycles. The van der Waals surface area contributed by atoms with Crippen LogP contribution in [0.2, 0.25) is 0 Å². The summed E-state index contributed by atoms with van der Waals surface area (Å²) in [5.41, 5.74) is 2.37. The molecule has 6 nitrogen and oxygen atoms in total. The molecule has 0 aliphatic rings. The third-order valence-corrected chi connectivity index (χ3v) is 3.04. The van der Waals surface area contributed by atoms with Gasteiger partial charge in [0.05, 0.1) is 11.4 Å². The summed E-state index contributed by atoms with van der Waals surface area (Å²) in [5.74, 6) is 0. The van der Waals surface area contributed by atoms with E-state index in [0.29, 0.717) is 0 Å². The van der Waals surface area contributed by atoms with Gasteiger partial charge in [0.25, 0.3) is 0 Å². The lowest BCUT2D eigenvalue weighted by Crippen LogP contribution is -2.37. The van der Waals surface area contributed by atoms with E-state index in [4.69, 9.17) is 0 Å². The quantitative estimate of drug-likeness (QED) is 0.851. The molecule has 0 atom stereocenters. The summed E-state index contributed by atoms with van der Waals surface area (Å²) < 4.78 is 0. The average Bonchev–Trinajstić information content (AvgIpc) is 2.44. The number of anilines is 2. The highest BCUT2D eigenvalue weighted by atomic mass is 16.2. The van der Waals surface area contributed by atoms with Crippen LogP contribution in [-0.2, 0) is 0 Å². The van der Waals surface area contributed by atoms with Crippen molar-refractivity contribution in [2.75, 3.05) is 38.0 Å². The molecule has 0 spiro atoms. The molecule has 0 heterocycles. The molecule has 0 bridgehead atoms. The molecule has 1 aromatic carbocycles. The van der Waals surface area contributed by atoms with Gasteiger partial charge in [-0.3, -0.25) is 9.80 Å². The summed E-state index contributed by atoms with van der Waals surface area (Å²) in [6, 6.07) is 5.08. The first-order chi connectivity index (χ1) is 8.93. The van der Waals surface area contributed by atoms with Crippen molar-refractivity contribution in [1.82, 2.24) is 10.6 Å². The molecular formula is C13H20N4O2. The molecule has 2 N–H and O–H groups in total. The number of carbonyl (C=O) groups excluding carboxylic acids is 2. The largest absolute Gasteiger partial charge is 0.341 e. The van der Waals surface area contributed by atoms with Gasteiger partial charge in [-0.25, -0.2) is 9.59 Å². The standard InChI is InChI=1S/C13H20N4O2/c1-9-10(16(4)12(18)14-2)7-6-8-11(9)17(5)13(19)15-3/h6-8H,1-5H3,(H,14,18)(H,15,19). The molecule has 1 aromatic rings. The molecule has 0 aliphatic carbocycles. The van der Waals surface area contributed by atoms with Crippen molar-refractivity contribution in [3.05, 3.63) is 23.8 Å². The molecule has 104 valence electrons. The highest BCUT2D eigenvalue weighted by Crippen LogP contribution is 2.28. The summed E-state index contributed by atoms with van der Waals surface area (Å²) in [4.78, 5) is 26.3. The molecule has 4 amide bonds. The second-order valence-electron chi connectivity index (χ2n) is 4.15. The van der Waals surface area contributed by atoms with E-state index in [1.165, 1.54) is 9.80 Å². The normalized spacial score (nSPS) is 9.74. The van der Waals surface area contributed by atoms with Gasteiger partial charge in [0.1, 0.15) is 0 Å². The third-order valence-electron chi connectivity index (χ3n) is 3.04. The number of carbonyl (C=O) groups is 2. The highest BCUT2D eigenvalue weighted by molar-refractivity contribution is 5.96. The van der Waals surface area contributed by atoms with Crippen LogP contribution in [0.5, 0.6) is 0 Å². The lowest BCUT2D eigenvalue weighted by Gasteiger charge is -2.24. The Morgan fingerprint density at radius 1 is 0.947 bits per heavy atom. The number of rotatable bonds is 2. The fraction of sp³-hybridized carbons (Fsp3) is 0.385. The molecule has 0 saturated heterocycles. The Balaban J connectivity index is 3.18. The summed E-state index contributed by atoms with van der Waals surface area (Å²) in [5, 5.41) is 5.13. The predicted molar refractivity (Wildman–Crippen MR) is 76.9 cm³/mol. The first kappa shape index (κ1) is 14.8. The van der Waals surface area contributed by atoms with Crippen molar-refractivity contribution in [3.63, 3.8) is 0 Å². The van der Waals surface area contributed by atoms with Crippen LogP contribution in [0.25, 0.3) is 0 Å². The van der Waals surface area contributed by atoms with Crippen molar-refractivity contribution >= 4 is 23.4 Å². The third kappa shape index (κ3) is 2.96. The topological polar surface area (TPSA) is 64.7 Å². The predicted octanol–water partition coefficient (Wildman–Crippen LogP) is 1.55. The molecule has 0 saturated carbocycles. The Hall–Kier alpha value is -2.24. The van der Waals surface area contributed by atoms with Crippen molar-refractivity contribution in [3.8, 4) is 0 Å². The SMILES string of the molecule is CNC(=O)N(C)c1cccc(N(C)C(=O)NC)c1C. The van der Waals surface area contributed by atoms with Crippen molar-refractivity contribution in [1.29, 1.82) is 0 Å². The van der Waals surface area contributed by atoms with Gasteiger partial charge in [-0.1, -0.05) is 6.07 Å². The smallest absolute Gasteiger partial charge is 0.321 e. The summed E-state index contributed by atoms with van der Waals surface area (Å²) in [6.45, 7) is 1.88. The molecule has 0 radical (unpaired) electrons. The van der Waals surface area contributed by atoms with Gasteiger partial charge in [0.2, 0.25) is 0 Å². The Bertz CT molecular complexity index is 447. The molecule has 0 unspecified atom stereocenters. The molecule has 0 aliphatic heterocycles. The minimum Gasteiger partial charge on any atom is -0.341 e. The second-order valence-corrected chi connectivity index (χ2v) is 4.15. The van der Waals surface area contributed by atoms with E-state index < -0.39 is 0 Å². The minimum absolute atomic E-state index is 0.206. The number of urea groups is 2. The van der Waals surface area contributed by atoms with Gasteiger partial charge in [-0.15, -0.1) is 0 Å². The highest BCUT2D eigenvalue weighted by Gasteiger charge is 2.17. The van der Waals surface area contributed by atoms with Crippen LogP contribution in [0.1, 0.15) is 5.56 Å². The van der Waals surface area contributed by atoms with E-state index in [1.807, 2.05) is 25.1 Å². The monoisotopic (exact) mass is 264 g/mol. The van der Waals surface area contributed by atoms with E-state index in [0.717, 1.165) is 16.9 Å². The molecule has 0 fully saturated rings. The second kappa shape index (κ2) is 6.08. The van der Waals surface area contributed by atoms with Crippen LogP contribution in [0, 0.1) is 6.92 Å². The number of nitrogens with one attached hydrogen (secondary N) is 2. The lowest BCUT2D eigenvalue weighted by atomic mass is 10.1. The van der Waals surface area contributed by atoms with Crippen molar-refractivity contribution in [2.45, 2.75) is 6.92 Å². The number of nitrogens with zero attached hydrogens (tertiary/aromatic N) is 2.